The van der Waals surface area contributed by atoms with Crippen LogP contribution in [0.3, 0.4) is 0 Å². The average molecular weight is 209 g/mol. The molecule has 1 aliphatic rings. The summed E-state index contributed by atoms with van der Waals surface area (Å²) in [6.45, 7) is 3.03. The van der Waals surface area contributed by atoms with E-state index >= 15 is 0 Å². The highest BCUT2D eigenvalue weighted by Gasteiger charge is 2.27. The molecule has 0 aromatic carbocycles. The van der Waals surface area contributed by atoms with Crippen molar-refractivity contribution >= 4 is 0 Å². The molecule has 1 heterocycles. The Balaban J connectivity index is 2.15. The van der Waals surface area contributed by atoms with Crippen LogP contribution in [0.5, 0.6) is 0 Å². The van der Waals surface area contributed by atoms with Crippen molar-refractivity contribution in [2.75, 3.05) is 0 Å². The molecule has 0 saturated heterocycles. The molecule has 1 aromatic heterocycles. The number of aliphatic hydroxyl groups excluding tert-OH is 1. The van der Waals surface area contributed by atoms with Gasteiger partial charge in [0, 0.05) is 12.5 Å². The normalized spacial score (nSPS) is 26.8. The highest BCUT2D eigenvalue weighted by Crippen LogP contribution is 2.32. The van der Waals surface area contributed by atoms with E-state index in [0.717, 1.165) is 37.9 Å². The Morgan fingerprint density at radius 3 is 3.00 bits per heavy atom. The van der Waals surface area contributed by atoms with E-state index in [1.54, 1.807) is 0 Å². The highest BCUT2D eigenvalue weighted by molar-refractivity contribution is 5.07. The van der Waals surface area contributed by atoms with Crippen LogP contribution in [-0.2, 0) is 6.54 Å². The lowest BCUT2D eigenvalue weighted by Crippen LogP contribution is -2.25. The molecular formula is C11H19N3O. The predicted octanol–water partition coefficient (Wildman–Crippen LogP) is 1.71. The third kappa shape index (κ3) is 2.20. The molecule has 84 valence electrons. The minimum Gasteiger partial charge on any atom is -0.392 e. The van der Waals surface area contributed by atoms with E-state index in [0.29, 0.717) is 0 Å². The Labute approximate surface area is 90.3 Å². The van der Waals surface area contributed by atoms with Gasteiger partial charge in [-0.15, -0.1) is 5.10 Å². The summed E-state index contributed by atoms with van der Waals surface area (Å²) in [5, 5.41) is 18.0. The molecule has 15 heavy (non-hydrogen) atoms. The van der Waals surface area contributed by atoms with E-state index in [1.807, 2.05) is 10.9 Å². The van der Waals surface area contributed by atoms with Gasteiger partial charge in [0.25, 0.3) is 0 Å². The molecule has 0 spiro atoms. The molecule has 4 heteroatoms. The van der Waals surface area contributed by atoms with Crippen LogP contribution in [0.15, 0.2) is 6.20 Å². The predicted molar refractivity (Wildman–Crippen MR) is 57.5 cm³/mol. The largest absolute Gasteiger partial charge is 0.392 e. The topological polar surface area (TPSA) is 50.9 Å². The number of hydrogen-bond donors (Lipinski definition) is 1. The number of hydrogen-bond acceptors (Lipinski definition) is 3. The van der Waals surface area contributed by atoms with Gasteiger partial charge in [-0.2, -0.15) is 0 Å². The fraction of sp³-hybridized carbons (Fsp3) is 0.818. The van der Waals surface area contributed by atoms with Gasteiger partial charge in [0.05, 0.1) is 18.0 Å². The summed E-state index contributed by atoms with van der Waals surface area (Å²) in [5.41, 5.74) is 1.11. The second kappa shape index (κ2) is 4.75. The third-order valence-corrected chi connectivity index (χ3v) is 3.19. The van der Waals surface area contributed by atoms with Gasteiger partial charge in [0.1, 0.15) is 0 Å². The van der Waals surface area contributed by atoms with E-state index in [2.05, 4.69) is 17.2 Å². The summed E-state index contributed by atoms with van der Waals surface area (Å²) in [5.74, 6) is 0.250. The molecule has 0 radical (unpaired) electrons. The lowest BCUT2D eigenvalue weighted by molar-refractivity contribution is 0.102. The van der Waals surface area contributed by atoms with Gasteiger partial charge in [-0.05, 0) is 19.3 Å². The van der Waals surface area contributed by atoms with Crippen LogP contribution in [0.1, 0.15) is 50.6 Å². The van der Waals surface area contributed by atoms with E-state index in [1.165, 1.54) is 6.42 Å². The van der Waals surface area contributed by atoms with E-state index in [4.69, 9.17) is 0 Å². The minimum absolute atomic E-state index is 0.201. The first-order valence-electron chi connectivity index (χ1n) is 5.89. The van der Waals surface area contributed by atoms with Crippen LogP contribution in [0.4, 0.5) is 0 Å². The first-order chi connectivity index (χ1) is 7.33. The van der Waals surface area contributed by atoms with Crippen molar-refractivity contribution in [1.82, 2.24) is 15.0 Å². The third-order valence-electron chi connectivity index (χ3n) is 3.19. The second-order valence-corrected chi connectivity index (χ2v) is 4.34. The molecule has 2 unspecified atom stereocenters. The minimum atomic E-state index is -0.201. The number of nitrogens with zero attached hydrogens (tertiary/aromatic N) is 3. The monoisotopic (exact) mass is 209 g/mol. The van der Waals surface area contributed by atoms with Gasteiger partial charge >= 0.3 is 0 Å². The van der Waals surface area contributed by atoms with Crippen LogP contribution in [-0.4, -0.2) is 26.2 Å². The second-order valence-electron chi connectivity index (χ2n) is 4.34. The average Bonchev–Trinajstić information content (AvgIpc) is 2.67. The van der Waals surface area contributed by atoms with E-state index in [-0.39, 0.29) is 12.0 Å². The van der Waals surface area contributed by atoms with Crippen molar-refractivity contribution in [2.45, 2.75) is 57.6 Å². The van der Waals surface area contributed by atoms with Gasteiger partial charge in [0.15, 0.2) is 0 Å². The molecule has 2 atom stereocenters. The molecule has 1 saturated carbocycles. The summed E-state index contributed by atoms with van der Waals surface area (Å²) in [4.78, 5) is 0. The lowest BCUT2D eigenvalue weighted by atomic mass is 9.84. The lowest BCUT2D eigenvalue weighted by Gasteiger charge is -2.27. The summed E-state index contributed by atoms with van der Waals surface area (Å²) in [6.07, 6.45) is 7.01. The van der Waals surface area contributed by atoms with E-state index in [9.17, 15) is 5.11 Å². The summed E-state index contributed by atoms with van der Waals surface area (Å²) in [7, 11) is 0. The first kappa shape index (κ1) is 10.6. The highest BCUT2D eigenvalue weighted by atomic mass is 16.3. The van der Waals surface area contributed by atoms with Crippen molar-refractivity contribution in [2.24, 2.45) is 0 Å². The number of aliphatic hydroxyl groups is 1. The zero-order chi connectivity index (χ0) is 10.7. The summed E-state index contributed by atoms with van der Waals surface area (Å²) < 4.78 is 1.94. The van der Waals surface area contributed by atoms with Crippen molar-refractivity contribution < 1.29 is 5.11 Å². The smallest absolute Gasteiger partial charge is 0.0729 e. The maximum absolute atomic E-state index is 9.96. The Kier molecular flexibility index (Phi) is 3.36. The maximum Gasteiger partial charge on any atom is 0.0729 e. The van der Waals surface area contributed by atoms with Gasteiger partial charge in [-0.3, -0.25) is 0 Å². The Morgan fingerprint density at radius 1 is 1.47 bits per heavy atom. The molecule has 1 aliphatic carbocycles. The fourth-order valence-electron chi connectivity index (χ4n) is 2.39. The molecular weight excluding hydrogens is 190 g/mol. The SMILES string of the molecule is CCCn1nncc1C1CCCCC1O. The summed E-state index contributed by atoms with van der Waals surface area (Å²) in [6, 6.07) is 0. The Morgan fingerprint density at radius 2 is 2.27 bits per heavy atom. The first-order valence-corrected chi connectivity index (χ1v) is 5.89. The maximum atomic E-state index is 9.96. The molecule has 0 amide bonds. The fourth-order valence-corrected chi connectivity index (χ4v) is 2.39. The molecule has 2 rings (SSSR count). The van der Waals surface area contributed by atoms with Crippen LogP contribution < -0.4 is 0 Å². The number of rotatable bonds is 3. The summed E-state index contributed by atoms with van der Waals surface area (Å²) >= 11 is 0. The quantitative estimate of drug-likeness (QED) is 0.824. The zero-order valence-corrected chi connectivity index (χ0v) is 9.26. The molecule has 0 bridgehead atoms. The Bertz CT molecular complexity index is 311. The van der Waals surface area contributed by atoms with Gasteiger partial charge in [-0.25, -0.2) is 4.68 Å². The molecule has 4 nitrogen and oxygen atoms in total. The van der Waals surface area contributed by atoms with Crippen molar-refractivity contribution in [3.8, 4) is 0 Å². The van der Waals surface area contributed by atoms with Gasteiger partial charge < -0.3 is 5.11 Å². The van der Waals surface area contributed by atoms with Crippen LogP contribution in [0, 0.1) is 0 Å². The molecule has 1 N–H and O–H groups in total. The van der Waals surface area contributed by atoms with Crippen molar-refractivity contribution in [3.05, 3.63) is 11.9 Å². The van der Waals surface area contributed by atoms with E-state index < -0.39 is 0 Å². The molecule has 0 aliphatic heterocycles. The van der Waals surface area contributed by atoms with Crippen LogP contribution in [0.25, 0.3) is 0 Å². The van der Waals surface area contributed by atoms with Crippen molar-refractivity contribution in [3.63, 3.8) is 0 Å². The zero-order valence-electron chi connectivity index (χ0n) is 9.26. The molecule has 1 fully saturated rings. The van der Waals surface area contributed by atoms with Crippen LogP contribution >= 0.6 is 0 Å². The number of aryl methyl sites for hydroxylation is 1. The number of aromatic nitrogens is 3. The van der Waals surface area contributed by atoms with Gasteiger partial charge in [-0.1, -0.05) is 25.0 Å². The van der Waals surface area contributed by atoms with Crippen molar-refractivity contribution in [1.29, 1.82) is 0 Å². The Hall–Kier alpha value is -0.900. The molecule has 1 aromatic rings. The van der Waals surface area contributed by atoms with Crippen LogP contribution in [0.2, 0.25) is 0 Å². The standard InChI is InChI=1S/C11H19N3O/c1-2-7-14-10(8-12-13-14)9-5-3-4-6-11(9)15/h8-9,11,15H,2-7H2,1H3. The van der Waals surface area contributed by atoms with Gasteiger partial charge in [0.2, 0.25) is 0 Å².